The van der Waals surface area contributed by atoms with E-state index in [1.54, 1.807) is 0 Å². The quantitative estimate of drug-likeness (QED) is 0.441. The first-order valence-corrected chi connectivity index (χ1v) is 7.80. The lowest BCUT2D eigenvalue weighted by molar-refractivity contribution is -0.0180. The molecule has 0 aromatic heterocycles. The summed E-state index contributed by atoms with van der Waals surface area (Å²) in [4.78, 5) is 0. The molecule has 0 aliphatic rings. The summed E-state index contributed by atoms with van der Waals surface area (Å²) in [6.07, 6.45) is 3.67. The summed E-state index contributed by atoms with van der Waals surface area (Å²) in [5.74, 6) is 0. The second-order valence-corrected chi connectivity index (χ2v) is 4.71. The number of rotatable bonds is 16. The normalized spacial score (nSPS) is 12.8. The van der Waals surface area contributed by atoms with Crippen molar-refractivity contribution in [3.05, 3.63) is 0 Å². The lowest BCUT2D eigenvalue weighted by Gasteiger charge is -2.10. The number of ether oxygens (including phenoxy) is 4. The third-order valence-electron chi connectivity index (χ3n) is 2.69. The van der Waals surface area contributed by atoms with E-state index in [0.29, 0.717) is 46.2 Å². The Kier molecular flexibility index (Phi) is 16.7. The molecule has 0 aliphatic heterocycles. The molecule has 5 heteroatoms. The highest BCUT2D eigenvalue weighted by Crippen LogP contribution is 1.96. The van der Waals surface area contributed by atoms with Crippen LogP contribution in [0.15, 0.2) is 0 Å². The van der Waals surface area contributed by atoms with Crippen LogP contribution in [0.3, 0.4) is 0 Å². The van der Waals surface area contributed by atoms with Crippen LogP contribution in [0.5, 0.6) is 0 Å². The van der Waals surface area contributed by atoms with Crippen molar-refractivity contribution >= 4 is 0 Å². The fraction of sp³-hybridized carbons (Fsp3) is 1.00. The number of hydrogen-bond acceptors (Lipinski definition) is 5. The third-order valence-corrected chi connectivity index (χ3v) is 2.69. The Labute approximate surface area is 123 Å². The van der Waals surface area contributed by atoms with Crippen LogP contribution < -0.4 is 0 Å². The zero-order valence-electron chi connectivity index (χ0n) is 13.1. The average molecular weight is 292 g/mol. The summed E-state index contributed by atoms with van der Waals surface area (Å²) in [6, 6.07) is 0. The highest BCUT2D eigenvalue weighted by Gasteiger charge is 2.01. The Morgan fingerprint density at radius 3 is 1.70 bits per heavy atom. The molecule has 5 nitrogen and oxygen atoms in total. The van der Waals surface area contributed by atoms with Crippen molar-refractivity contribution in [2.45, 2.75) is 45.6 Å². The lowest BCUT2D eigenvalue weighted by atomic mass is 10.2. The summed E-state index contributed by atoms with van der Waals surface area (Å²) < 4.78 is 21.4. The van der Waals surface area contributed by atoms with E-state index in [1.165, 1.54) is 0 Å². The van der Waals surface area contributed by atoms with Crippen molar-refractivity contribution in [3.8, 4) is 0 Å². The third kappa shape index (κ3) is 15.9. The van der Waals surface area contributed by atoms with Gasteiger partial charge in [0.1, 0.15) is 0 Å². The van der Waals surface area contributed by atoms with E-state index in [4.69, 9.17) is 18.9 Å². The fourth-order valence-corrected chi connectivity index (χ4v) is 1.54. The van der Waals surface area contributed by atoms with Gasteiger partial charge in [0.2, 0.25) is 0 Å². The molecule has 1 atom stereocenters. The molecule has 0 radical (unpaired) electrons. The first-order chi connectivity index (χ1) is 9.81. The van der Waals surface area contributed by atoms with Gasteiger partial charge in [-0.15, -0.1) is 0 Å². The van der Waals surface area contributed by atoms with Crippen molar-refractivity contribution in [3.63, 3.8) is 0 Å². The standard InChI is InChI=1S/C15H32O5/c1-3-5-7-17-8-9-18-10-11-19-12-13-20-14-15(16)6-4-2/h15-16H,3-14H2,1-2H3. The van der Waals surface area contributed by atoms with E-state index < -0.39 is 0 Å². The molecule has 0 spiro atoms. The molecule has 0 bridgehead atoms. The molecule has 20 heavy (non-hydrogen) atoms. The van der Waals surface area contributed by atoms with Gasteiger partial charge in [-0.1, -0.05) is 26.7 Å². The van der Waals surface area contributed by atoms with Gasteiger partial charge in [0.05, 0.1) is 52.4 Å². The summed E-state index contributed by atoms with van der Waals surface area (Å²) in [5, 5.41) is 9.43. The van der Waals surface area contributed by atoms with Crippen LogP contribution in [0.1, 0.15) is 39.5 Å². The minimum absolute atomic E-state index is 0.351. The Bertz CT molecular complexity index is 178. The van der Waals surface area contributed by atoms with Gasteiger partial charge in [-0.2, -0.15) is 0 Å². The van der Waals surface area contributed by atoms with E-state index in [9.17, 15) is 5.11 Å². The van der Waals surface area contributed by atoms with Gasteiger partial charge in [0.25, 0.3) is 0 Å². The first kappa shape index (κ1) is 19.8. The molecule has 0 rings (SSSR count). The SMILES string of the molecule is CCCCOCCOCCOCCOCC(O)CCC. The van der Waals surface area contributed by atoms with Gasteiger partial charge in [0.15, 0.2) is 0 Å². The fourth-order valence-electron chi connectivity index (χ4n) is 1.54. The summed E-state index contributed by atoms with van der Waals surface area (Å²) in [5.41, 5.74) is 0. The van der Waals surface area contributed by atoms with Crippen molar-refractivity contribution in [2.75, 3.05) is 52.9 Å². The first-order valence-electron chi connectivity index (χ1n) is 7.80. The van der Waals surface area contributed by atoms with Crippen LogP contribution in [-0.4, -0.2) is 64.1 Å². The second-order valence-electron chi connectivity index (χ2n) is 4.71. The molecule has 0 amide bonds. The molecule has 0 aromatic carbocycles. The molecule has 0 heterocycles. The number of aliphatic hydroxyl groups excluding tert-OH is 1. The molecule has 0 fully saturated rings. The number of aliphatic hydroxyl groups is 1. The van der Waals surface area contributed by atoms with Gasteiger partial charge >= 0.3 is 0 Å². The van der Waals surface area contributed by atoms with Crippen LogP contribution in [-0.2, 0) is 18.9 Å². The largest absolute Gasteiger partial charge is 0.391 e. The van der Waals surface area contributed by atoms with Crippen molar-refractivity contribution in [1.29, 1.82) is 0 Å². The van der Waals surface area contributed by atoms with E-state index >= 15 is 0 Å². The summed E-state index contributed by atoms with van der Waals surface area (Å²) in [7, 11) is 0. The Hall–Kier alpha value is -0.200. The van der Waals surface area contributed by atoms with Crippen LogP contribution in [0.25, 0.3) is 0 Å². The average Bonchev–Trinajstić information content (AvgIpc) is 2.44. The number of hydrogen-bond donors (Lipinski definition) is 1. The summed E-state index contributed by atoms with van der Waals surface area (Å²) >= 11 is 0. The van der Waals surface area contributed by atoms with Crippen LogP contribution in [0.2, 0.25) is 0 Å². The predicted molar refractivity (Wildman–Crippen MR) is 79.1 cm³/mol. The lowest BCUT2D eigenvalue weighted by Crippen LogP contribution is -2.17. The molecular weight excluding hydrogens is 260 g/mol. The van der Waals surface area contributed by atoms with E-state index in [1.807, 2.05) is 6.92 Å². The molecule has 1 N–H and O–H groups in total. The van der Waals surface area contributed by atoms with Crippen LogP contribution in [0.4, 0.5) is 0 Å². The van der Waals surface area contributed by atoms with Gasteiger partial charge in [-0.25, -0.2) is 0 Å². The molecule has 0 aliphatic carbocycles. The smallest absolute Gasteiger partial charge is 0.0773 e. The Balaban J connectivity index is 2.99. The molecule has 1 unspecified atom stereocenters. The topological polar surface area (TPSA) is 57.2 Å². The maximum absolute atomic E-state index is 9.43. The molecule has 0 aromatic rings. The number of unbranched alkanes of at least 4 members (excludes halogenated alkanes) is 1. The second kappa shape index (κ2) is 16.9. The van der Waals surface area contributed by atoms with E-state index in [-0.39, 0.29) is 6.10 Å². The van der Waals surface area contributed by atoms with E-state index in [0.717, 1.165) is 32.3 Å². The van der Waals surface area contributed by atoms with Crippen molar-refractivity contribution < 1.29 is 24.1 Å². The Morgan fingerprint density at radius 1 is 0.700 bits per heavy atom. The van der Waals surface area contributed by atoms with Gasteiger partial charge in [-0.3, -0.25) is 0 Å². The maximum atomic E-state index is 9.43. The zero-order chi connectivity index (χ0) is 14.9. The molecular formula is C15H32O5. The minimum Gasteiger partial charge on any atom is -0.391 e. The Morgan fingerprint density at radius 2 is 1.20 bits per heavy atom. The zero-order valence-corrected chi connectivity index (χ0v) is 13.1. The maximum Gasteiger partial charge on any atom is 0.0773 e. The molecule has 0 saturated carbocycles. The minimum atomic E-state index is -0.351. The van der Waals surface area contributed by atoms with Crippen molar-refractivity contribution in [2.24, 2.45) is 0 Å². The van der Waals surface area contributed by atoms with Crippen molar-refractivity contribution in [1.82, 2.24) is 0 Å². The van der Waals surface area contributed by atoms with Gasteiger partial charge in [-0.05, 0) is 12.8 Å². The molecule has 122 valence electrons. The van der Waals surface area contributed by atoms with Gasteiger partial charge < -0.3 is 24.1 Å². The van der Waals surface area contributed by atoms with Crippen LogP contribution >= 0.6 is 0 Å². The highest BCUT2D eigenvalue weighted by molar-refractivity contribution is 4.51. The monoisotopic (exact) mass is 292 g/mol. The summed E-state index contributed by atoms with van der Waals surface area (Å²) in [6.45, 7) is 8.86. The van der Waals surface area contributed by atoms with E-state index in [2.05, 4.69) is 6.92 Å². The van der Waals surface area contributed by atoms with Crippen LogP contribution in [0, 0.1) is 0 Å². The highest BCUT2D eigenvalue weighted by atomic mass is 16.6. The predicted octanol–water partition coefficient (Wildman–Crippen LogP) is 2.01. The molecule has 0 saturated heterocycles. The van der Waals surface area contributed by atoms with Gasteiger partial charge in [0, 0.05) is 6.61 Å².